The van der Waals surface area contributed by atoms with E-state index >= 15 is 0 Å². The zero-order valence-corrected chi connectivity index (χ0v) is 43.5. The lowest BCUT2D eigenvalue weighted by atomic mass is 9.82. The highest BCUT2D eigenvalue weighted by Crippen LogP contribution is 2.48. The van der Waals surface area contributed by atoms with Gasteiger partial charge in [0.05, 0.1) is 11.7 Å². The van der Waals surface area contributed by atoms with Crippen molar-refractivity contribution in [1.82, 2.24) is 0 Å². The average molecular weight is 981 g/mol. The normalized spacial score (nSPS) is 17.7. The second kappa shape index (κ2) is 22.5. The molecule has 5 nitrogen and oxygen atoms in total. The average Bonchev–Trinajstić information content (AvgIpc) is 4.03. The van der Waals surface area contributed by atoms with Gasteiger partial charge in [-0.15, -0.1) is 0 Å². The summed E-state index contributed by atoms with van der Waals surface area (Å²) < 4.78 is 13.7. The highest BCUT2D eigenvalue weighted by molar-refractivity contribution is 5.89. The van der Waals surface area contributed by atoms with Crippen molar-refractivity contribution in [3.8, 4) is 44.9 Å². The van der Waals surface area contributed by atoms with Crippen LogP contribution in [0.4, 0.5) is 17.1 Å². The highest BCUT2D eigenvalue weighted by atomic mass is 16.5. The summed E-state index contributed by atoms with van der Waals surface area (Å²) >= 11 is 0. The molecule has 8 aromatic rings. The van der Waals surface area contributed by atoms with Gasteiger partial charge in [-0.05, 0) is 97.1 Å². The maximum atomic E-state index is 11.7. The first-order valence-corrected chi connectivity index (χ1v) is 26.2. The number of hydrogen-bond acceptors (Lipinski definition) is 5. The van der Waals surface area contributed by atoms with Crippen molar-refractivity contribution in [2.75, 3.05) is 10.2 Å². The molecule has 1 aromatic heterocycles. The fraction of sp³-hybridized carbons (Fsp3) is 0.143. The summed E-state index contributed by atoms with van der Waals surface area (Å²) in [7, 11) is 0. The Morgan fingerprint density at radius 3 is 2.09 bits per heavy atom. The van der Waals surface area contributed by atoms with Gasteiger partial charge in [-0.25, -0.2) is 0 Å². The third kappa shape index (κ3) is 10.3. The molecule has 0 saturated heterocycles. The number of aromatic hydroxyl groups is 1. The topological polar surface area (TPSA) is 57.9 Å². The Morgan fingerprint density at radius 2 is 1.36 bits per heavy atom. The molecular weight excluding hydrogens is 917 g/mol. The van der Waals surface area contributed by atoms with Crippen LogP contribution >= 0.6 is 0 Å². The van der Waals surface area contributed by atoms with Crippen LogP contribution in [0.25, 0.3) is 56.0 Å². The lowest BCUT2D eigenvalue weighted by molar-refractivity contribution is 0.258. The molecule has 4 unspecified atom stereocenters. The number of aryl methyl sites for hydroxylation is 1. The number of fused-ring (bicyclic) bond motifs is 7. The first-order valence-electron chi connectivity index (χ1n) is 26.2. The predicted molar refractivity (Wildman–Crippen MR) is 316 cm³/mol. The van der Waals surface area contributed by atoms with Gasteiger partial charge in [0, 0.05) is 67.8 Å². The molecule has 372 valence electrons. The first-order chi connectivity index (χ1) is 36.8. The van der Waals surface area contributed by atoms with Gasteiger partial charge in [0.15, 0.2) is 0 Å². The van der Waals surface area contributed by atoms with Crippen LogP contribution in [0.2, 0.25) is 0 Å². The van der Waals surface area contributed by atoms with Crippen LogP contribution in [-0.4, -0.2) is 17.3 Å². The lowest BCUT2D eigenvalue weighted by Gasteiger charge is -2.38. The molecule has 2 heterocycles. The van der Waals surface area contributed by atoms with Crippen LogP contribution in [-0.2, 0) is 0 Å². The van der Waals surface area contributed by atoms with Gasteiger partial charge in [0.25, 0.3) is 0 Å². The van der Waals surface area contributed by atoms with Gasteiger partial charge in [0.1, 0.15) is 28.6 Å². The lowest BCUT2D eigenvalue weighted by Crippen LogP contribution is -2.44. The van der Waals surface area contributed by atoms with Gasteiger partial charge in [-0.3, -0.25) is 0 Å². The van der Waals surface area contributed by atoms with Gasteiger partial charge in [0.2, 0.25) is 0 Å². The molecule has 12 rings (SSSR count). The fourth-order valence-electron chi connectivity index (χ4n) is 10.5. The molecule has 0 radical (unpaired) electrons. The molecule has 0 fully saturated rings. The number of para-hydroxylation sites is 2. The maximum Gasteiger partial charge on any atom is 0.149 e. The Balaban J connectivity index is 0.000000531. The number of benzene rings is 7. The molecule has 0 saturated carbocycles. The van der Waals surface area contributed by atoms with Crippen LogP contribution in [0.5, 0.6) is 11.5 Å². The van der Waals surface area contributed by atoms with Crippen LogP contribution in [0.3, 0.4) is 0 Å². The van der Waals surface area contributed by atoms with Crippen molar-refractivity contribution < 1.29 is 14.3 Å². The quantitative estimate of drug-likeness (QED) is 0.134. The molecule has 0 bridgehead atoms. The van der Waals surface area contributed by atoms with Crippen molar-refractivity contribution in [2.45, 2.75) is 59.1 Å². The molecule has 2 N–H and O–H groups in total. The van der Waals surface area contributed by atoms with E-state index in [1.165, 1.54) is 28.7 Å². The third-order valence-corrected chi connectivity index (χ3v) is 14.1. The first kappa shape index (κ1) is 49.8. The number of rotatable bonds is 10. The van der Waals surface area contributed by atoms with E-state index in [9.17, 15) is 5.11 Å². The molecule has 7 aromatic carbocycles. The van der Waals surface area contributed by atoms with Gasteiger partial charge < -0.3 is 24.5 Å². The van der Waals surface area contributed by atoms with Crippen molar-refractivity contribution in [2.24, 2.45) is 5.92 Å². The Kier molecular flexibility index (Phi) is 15.0. The summed E-state index contributed by atoms with van der Waals surface area (Å²) in [6, 6.07) is 56.6. The Labute approximate surface area is 442 Å². The van der Waals surface area contributed by atoms with Gasteiger partial charge >= 0.3 is 0 Å². The van der Waals surface area contributed by atoms with Crippen LogP contribution in [0.15, 0.2) is 253 Å². The van der Waals surface area contributed by atoms with E-state index in [0.717, 1.165) is 83.5 Å². The molecule has 4 aliphatic rings. The smallest absolute Gasteiger partial charge is 0.149 e. The maximum absolute atomic E-state index is 11.7. The predicted octanol–water partition coefficient (Wildman–Crippen LogP) is 16.9. The van der Waals surface area contributed by atoms with Crippen molar-refractivity contribution in [3.63, 3.8) is 0 Å². The summed E-state index contributed by atoms with van der Waals surface area (Å²) in [5.41, 5.74) is 16.4. The van der Waals surface area contributed by atoms with E-state index < -0.39 is 0 Å². The Morgan fingerprint density at radius 1 is 0.707 bits per heavy atom. The number of phenols is 1. The summed E-state index contributed by atoms with van der Waals surface area (Å²) in [4.78, 5) is 2.42. The van der Waals surface area contributed by atoms with Crippen LogP contribution < -0.4 is 25.6 Å². The summed E-state index contributed by atoms with van der Waals surface area (Å²) in [6.07, 6.45) is 26.5. The molecular formula is C70H64N2O3. The van der Waals surface area contributed by atoms with Crippen molar-refractivity contribution in [3.05, 3.63) is 270 Å². The number of furan rings is 1. The van der Waals surface area contributed by atoms with Gasteiger partial charge in [-0.1, -0.05) is 215 Å². The van der Waals surface area contributed by atoms with E-state index in [2.05, 4.69) is 208 Å². The molecule has 1 aliphatic heterocycles. The zero-order valence-electron chi connectivity index (χ0n) is 43.5. The van der Waals surface area contributed by atoms with E-state index in [1.807, 2.05) is 73.7 Å². The number of nitrogens with zero attached hydrogens (tertiary/aromatic N) is 1. The minimum Gasteiger partial charge on any atom is -0.507 e. The molecule has 5 heteroatoms. The second-order valence-corrected chi connectivity index (χ2v) is 19.4. The molecule has 4 atom stereocenters. The number of allylic oxidation sites excluding steroid dienone is 10. The Hall–Kier alpha value is -8.80. The molecule has 0 amide bonds. The monoisotopic (exact) mass is 980 g/mol. The zero-order chi connectivity index (χ0) is 51.8. The third-order valence-electron chi connectivity index (χ3n) is 14.1. The van der Waals surface area contributed by atoms with Crippen LogP contribution in [0.1, 0.15) is 51.2 Å². The minimum absolute atomic E-state index is 0.0353. The minimum atomic E-state index is -0.169. The van der Waals surface area contributed by atoms with E-state index in [4.69, 9.17) is 9.15 Å². The van der Waals surface area contributed by atoms with Gasteiger partial charge in [-0.2, -0.15) is 0 Å². The van der Waals surface area contributed by atoms with E-state index in [1.54, 1.807) is 6.08 Å². The number of ether oxygens (including phenoxy) is 1. The largest absolute Gasteiger partial charge is 0.507 e. The van der Waals surface area contributed by atoms with E-state index in [0.29, 0.717) is 0 Å². The number of nitrogens with one attached hydrogen (secondary N) is 1. The summed E-state index contributed by atoms with van der Waals surface area (Å²) in [5, 5.41) is 17.7. The molecule has 0 spiro atoms. The second-order valence-electron chi connectivity index (χ2n) is 19.4. The fourth-order valence-corrected chi connectivity index (χ4v) is 10.5. The summed E-state index contributed by atoms with van der Waals surface area (Å²) in [6.45, 7) is 14.0. The number of phenolic OH excluding ortho intramolecular Hbond substituents is 1. The SMILES string of the molecule is C=C/C=C\C(C)=C/C.CCC.Cc1cccc(N(c2cccc(-c3cccc(-c4ccccc4)c3O)c2)C2C=c3oc4cc(NC5=CC=CC6c7cccc(-c8ccccc8)c7OC56)ccc4c3=C3C=CC=CC32)c1. The number of hydrogen-bond donors (Lipinski definition) is 2. The van der Waals surface area contributed by atoms with Crippen molar-refractivity contribution >= 4 is 39.7 Å². The van der Waals surface area contributed by atoms with Crippen LogP contribution in [0, 0.1) is 12.8 Å². The Bertz CT molecular complexity index is 3700. The highest BCUT2D eigenvalue weighted by Gasteiger charge is 2.38. The molecule has 3 aliphatic carbocycles. The van der Waals surface area contributed by atoms with Crippen molar-refractivity contribution in [1.29, 1.82) is 0 Å². The number of anilines is 3. The van der Waals surface area contributed by atoms with E-state index in [-0.39, 0.29) is 29.7 Å². The standard InChI is InChI=1S/C59H44N2O3.C8H12.C3H8/c1-37-15-10-21-42(33-37)61(43-22-11-20-40(34-43)45-26-12-25-44(57(45)62)38-16-4-2-5-17-38)53-36-55-56(48-24-9-8-23-47(48)53)51-32-31-41(35-54(51)63-55)60-52-30-14-29-50-49-28-13-27-46(58(49)64-59(50)52)39-18-6-3-7-19-39;1-4-6-7-8(3)5-2;1-3-2/h2-36,47,50,53,59-60,62H,1H3;4-7H,1H2,2-3H3;3H2,1-2H3/b;7-6-,8-5-;. The summed E-state index contributed by atoms with van der Waals surface area (Å²) in [5.74, 6) is 1.36. The molecule has 75 heavy (non-hydrogen) atoms.